The summed E-state index contributed by atoms with van der Waals surface area (Å²) in [6, 6.07) is 6.68. The van der Waals surface area contributed by atoms with Crippen molar-refractivity contribution in [3.8, 4) is 0 Å². The lowest BCUT2D eigenvalue weighted by atomic mass is 10.2. The molecule has 2 nitrogen and oxygen atoms in total. The SMILES string of the molecule is CCNCc1ccc(SC2CCOCC2)c(Br)c1. The fourth-order valence-corrected chi connectivity index (χ4v) is 3.80. The van der Waals surface area contributed by atoms with E-state index in [2.05, 4.69) is 46.4 Å². The molecule has 0 unspecified atom stereocenters. The molecule has 100 valence electrons. The van der Waals surface area contributed by atoms with Crippen LogP contribution in [0.2, 0.25) is 0 Å². The monoisotopic (exact) mass is 329 g/mol. The first-order valence-corrected chi connectivity index (χ1v) is 8.20. The van der Waals surface area contributed by atoms with Gasteiger partial charge in [-0.25, -0.2) is 0 Å². The molecule has 2 rings (SSSR count). The van der Waals surface area contributed by atoms with Crippen molar-refractivity contribution in [1.82, 2.24) is 5.32 Å². The Hall–Kier alpha value is -0.0300. The summed E-state index contributed by atoms with van der Waals surface area (Å²) in [5.74, 6) is 0. The third kappa shape index (κ3) is 4.26. The molecule has 1 aromatic rings. The highest BCUT2D eigenvalue weighted by atomic mass is 79.9. The molecule has 1 aliphatic heterocycles. The average molecular weight is 330 g/mol. The maximum absolute atomic E-state index is 5.40. The number of thioether (sulfide) groups is 1. The van der Waals surface area contributed by atoms with Crippen LogP contribution in [-0.2, 0) is 11.3 Å². The second-order valence-corrected chi connectivity index (χ2v) is 6.67. The summed E-state index contributed by atoms with van der Waals surface area (Å²) >= 11 is 5.66. The first kappa shape index (κ1) is 14.4. The molecule has 4 heteroatoms. The van der Waals surface area contributed by atoms with E-state index >= 15 is 0 Å². The van der Waals surface area contributed by atoms with E-state index in [1.807, 2.05) is 11.8 Å². The summed E-state index contributed by atoms with van der Waals surface area (Å²) in [6.07, 6.45) is 2.33. The molecular formula is C14H20BrNOS. The van der Waals surface area contributed by atoms with Crippen LogP contribution in [0.1, 0.15) is 25.3 Å². The molecule has 0 bridgehead atoms. The maximum atomic E-state index is 5.40. The predicted octanol–water partition coefficient (Wildman–Crippen LogP) is 3.83. The van der Waals surface area contributed by atoms with Gasteiger partial charge >= 0.3 is 0 Å². The number of hydrogen-bond donors (Lipinski definition) is 1. The summed E-state index contributed by atoms with van der Waals surface area (Å²) < 4.78 is 6.61. The first-order chi connectivity index (χ1) is 8.79. The van der Waals surface area contributed by atoms with Crippen LogP contribution in [0.3, 0.4) is 0 Å². The average Bonchev–Trinajstić information content (AvgIpc) is 2.40. The van der Waals surface area contributed by atoms with E-state index in [4.69, 9.17) is 4.74 Å². The molecule has 1 heterocycles. The third-order valence-corrected chi connectivity index (χ3v) is 5.37. The molecular weight excluding hydrogens is 310 g/mol. The summed E-state index contributed by atoms with van der Waals surface area (Å²) in [6.45, 7) is 5.90. The van der Waals surface area contributed by atoms with Crippen LogP contribution in [-0.4, -0.2) is 25.0 Å². The van der Waals surface area contributed by atoms with E-state index in [0.717, 1.165) is 39.1 Å². The van der Waals surface area contributed by atoms with Crippen molar-refractivity contribution in [2.75, 3.05) is 19.8 Å². The topological polar surface area (TPSA) is 21.3 Å². The first-order valence-electron chi connectivity index (χ1n) is 6.53. The Morgan fingerprint density at radius 2 is 2.17 bits per heavy atom. The molecule has 0 amide bonds. The quantitative estimate of drug-likeness (QED) is 0.887. The van der Waals surface area contributed by atoms with E-state index in [0.29, 0.717) is 5.25 Å². The van der Waals surface area contributed by atoms with Crippen LogP contribution in [0.25, 0.3) is 0 Å². The minimum atomic E-state index is 0.703. The van der Waals surface area contributed by atoms with E-state index in [1.54, 1.807) is 0 Å². The largest absolute Gasteiger partial charge is 0.381 e. The van der Waals surface area contributed by atoms with Crippen molar-refractivity contribution in [3.05, 3.63) is 28.2 Å². The van der Waals surface area contributed by atoms with Gasteiger partial charge in [0.1, 0.15) is 0 Å². The van der Waals surface area contributed by atoms with E-state index in [1.165, 1.54) is 14.9 Å². The smallest absolute Gasteiger partial charge is 0.0476 e. The normalized spacial score (nSPS) is 17.0. The van der Waals surface area contributed by atoms with Gasteiger partial charge in [0.2, 0.25) is 0 Å². The Morgan fingerprint density at radius 3 is 2.83 bits per heavy atom. The molecule has 1 saturated heterocycles. The van der Waals surface area contributed by atoms with Gasteiger partial charge in [0.05, 0.1) is 0 Å². The molecule has 1 aromatic carbocycles. The van der Waals surface area contributed by atoms with Gasteiger partial charge in [-0.15, -0.1) is 11.8 Å². The molecule has 1 N–H and O–H groups in total. The lowest BCUT2D eigenvalue weighted by Gasteiger charge is -2.22. The van der Waals surface area contributed by atoms with Gasteiger partial charge in [0.25, 0.3) is 0 Å². The Labute approximate surface area is 122 Å². The van der Waals surface area contributed by atoms with Gasteiger partial charge in [0, 0.05) is 34.4 Å². The highest BCUT2D eigenvalue weighted by molar-refractivity contribution is 9.10. The van der Waals surface area contributed by atoms with Crippen LogP contribution in [0.4, 0.5) is 0 Å². The minimum Gasteiger partial charge on any atom is -0.381 e. The Kier molecular flexibility index (Phi) is 6.02. The molecule has 0 spiro atoms. The van der Waals surface area contributed by atoms with Crippen molar-refractivity contribution in [3.63, 3.8) is 0 Å². The van der Waals surface area contributed by atoms with Gasteiger partial charge < -0.3 is 10.1 Å². The molecule has 0 aromatic heterocycles. The van der Waals surface area contributed by atoms with Crippen molar-refractivity contribution >= 4 is 27.7 Å². The van der Waals surface area contributed by atoms with Crippen LogP contribution in [0.5, 0.6) is 0 Å². The molecule has 18 heavy (non-hydrogen) atoms. The lowest BCUT2D eigenvalue weighted by Crippen LogP contribution is -2.17. The summed E-state index contributed by atoms with van der Waals surface area (Å²) in [5.41, 5.74) is 1.33. The lowest BCUT2D eigenvalue weighted by molar-refractivity contribution is 0.100. The minimum absolute atomic E-state index is 0.703. The highest BCUT2D eigenvalue weighted by Crippen LogP contribution is 2.35. The van der Waals surface area contributed by atoms with Crippen LogP contribution < -0.4 is 5.32 Å². The number of hydrogen-bond acceptors (Lipinski definition) is 3. The fourth-order valence-electron chi connectivity index (χ4n) is 1.99. The Bertz CT molecular complexity index is 380. The van der Waals surface area contributed by atoms with E-state index in [-0.39, 0.29) is 0 Å². The number of benzene rings is 1. The van der Waals surface area contributed by atoms with Crippen LogP contribution in [0.15, 0.2) is 27.6 Å². The Morgan fingerprint density at radius 1 is 1.39 bits per heavy atom. The number of nitrogens with one attached hydrogen (secondary N) is 1. The zero-order valence-corrected chi connectivity index (χ0v) is 13.1. The van der Waals surface area contributed by atoms with E-state index in [9.17, 15) is 0 Å². The van der Waals surface area contributed by atoms with Crippen molar-refractivity contribution < 1.29 is 4.74 Å². The predicted molar refractivity (Wildman–Crippen MR) is 81.2 cm³/mol. The van der Waals surface area contributed by atoms with E-state index < -0.39 is 0 Å². The zero-order valence-electron chi connectivity index (χ0n) is 10.7. The third-order valence-electron chi connectivity index (χ3n) is 3.04. The second kappa shape index (κ2) is 7.53. The molecule has 0 atom stereocenters. The van der Waals surface area contributed by atoms with Crippen LogP contribution in [0, 0.1) is 0 Å². The van der Waals surface area contributed by atoms with Crippen LogP contribution >= 0.6 is 27.7 Å². The summed E-state index contributed by atoms with van der Waals surface area (Å²) in [4.78, 5) is 1.35. The van der Waals surface area contributed by atoms with Crippen molar-refractivity contribution in [2.45, 2.75) is 36.5 Å². The molecule has 1 fully saturated rings. The molecule has 0 saturated carbocycles. The van der Waals surface area contributed by atoms with Gasteiger partial charge in [-0.3, -0.25) is 0 Å². The fraction of sp³-hybridized carbons (Fsp3) is 0.571. The Balaban J connectivity index is 1.95. The number of ether oxygens (including phenoxy) is 1. The van der Waals surface area contributed by atoms with Gasteiger partial charge in [0.15, 0.2) is 0 Å². The highest BCUT2D eigenvalue weighted by Gasteiger charge is 2.16. The summed E-state index contributed by atoms with van der Waals surface area (Å²) in [7, 11) is 0. The summed E-state index contributed by atoms with van der Waals surface area (Å²) in [5, 5.41) is 4.05. The van der Waals surface area contributed by atoms with Gasteiger partial charge in [-0.1, -0.05) is 13.0 Å². The number of rotatable bonds is 5. The molecule has 0 aliphatic carbocycles. The van der Waals surface area contributed by atoms with Gasteiger partial charge in [-0.05, 0) is 53.0 Å². The molecule has 1 aliphatic rings. The second-order valence-electron chi connectivity index (χ2n) is 4.47. The standard InChI is InChI=1S/C14H20BrNOS/c1-2-16-10-11-3-4-14(13(15)9-11)18-12-5-7-17-8-6-12/h3-4,9,12,16H,2,5-8,10H2,1H3. The van der Waals surface area contributed by atoms with Crippen molar-refractivity contribution in [1.29, 1.82) is 0 Å². The van der Waals surface area contributed by atoms with Gasteiger partial charge in [-0.2, -0.15) is 0 Å². The maximum Gasteiger partial charge on any atom is 0.0476 e. The van der Waals surface area contributed by atoms with Crippen molar-refractivity contribution in [2.24, 2.45) is 0 Å². The number of halogens is 1. The molecule has 0 radical (unpaired) electrons. The zero-order chi connectivity index (χ0) is 12.8.